The second kappa shape index (κ2) is 5.55. The number of esters is 2. The van der Waals surface area contributed by atoms with Crippen LogP contribution in [0.3, 0.4) is 0 Å². The normalized spacial score (nSPS) is 19.6. The van der Waals surface area contributed by atoms with Crippen molar-refractivity contribution in [3.05, 3.63) is 24.2 Å². The molecule has 0 saturated carbocycles. The summed E-state index contributed by atoms with van der Waals surface area (Å²) in [5.74, 6) is -1.68. The minimum atomic E-state index is -0.883. The maximum Gasteiger partial charge on any atom is 0.347 e. The molecule has 2 rings (SSSR count). The standard InChI is InChI=1S/C12H13NO6/c1-7(13-10(14)8-3-2-5-17-8)11(15)19-9-4-6-18-12(9)16/h2-3,5,7,9H,4,6H2,1H3,(H,13,14). The summed E-state index contributed by atoms with van der Waals surface area (Å²) in [6.45, 7) is 1.70. The average molecular weight is 267 g/mol. The van der Waals surface area contributed by atoms with Gasteiger partial charge in [-0.25, -0.2) is 9.59 Å². The van der Waals surface area contributed by atoms with Gasteiger partial charge < -0.3 is 19.2 Å². The highest BCUT2D eigenvalue weighted by Crippen LogP contribution is 2.11. The first kappa shape index (κ1) is 13.1. The van der Waals surface area contributed by atoms with Crippen molar-refractivity contribution in [3.8, 4) is 0 Å². The van der Waals surface area contributed by atoms with E-state index in [1.54, 1.807) is 6.07 Å². The van der Waals surface area contributed by atoms with Crippen molar-refractivity contribution in [3.63, 3.8) is 0 Å². The van der Waals surface area contributed by atoms with Gasteiger partial charge in [0.1, 0.15) is 6.04 Å². The summed E-state index contributed by atoms with van der Waals surface area (Å²) in [6, 6.07) is 2.15. The van der Waals surface area contributed by atoms with Crippen LogP contribution in [0.2, 0.25) is 0 Å². The molecule has 1 amide bonds. The van der Waals surface area contributed by atoms with E-state index in [0.29, 0.717) is 6.42 Å². The molecule has 0 radical (unpaired) electrons. The summed E-state index contributed by atoms with van der Waals surface area (Å²) in [5.41, 5.74) is 0. The van der Waals surface area contributed by atoms with E-state index in [0.717, 1.165) is 0 Å². The molecule has 0 bridgehead atoms. The van der Waals surface area contributed by atoms with E-state index in [9.17, 15) is 14.4 Å². The molecule has 1 fully saturated rings. The largest absolute Gasteiger partial charge is 0.463 e. The third-order valence-corrected chi connectivity index (χ3v) is 2.59. The van der Waals surface area contributed by atoms with Crippen molar-refractivity contribution >= 4 is 17.8 Å². The number of carbonyl (C=O) groups is 3. The SMILES string of the molecule is CC(NC(=O)c1ccco1)C(=O)OC1CCOC1=O. The molecule has 2 unspecified atom stereocenters. The van der Waals surface area contributed by atoms with E-state index < -0.39 is 30.0 Å². The van der Waals surface area contributed by atoms with Crippen molar-refractivity contribution in [2.45, 2.75) is 25.5 Å². The Kier molecular flexibility index (Phi) is 3.84. The van der Waals surface area contributed by atoms with Crippen LogP contribution < -0.4 is 5.32 Å². The molecule has 0 aliphatic carbocycles. The fourth-order valence-electron chi connectivity index (χ4n) is 1.56. The second-order valence-electron chi connectivity index (χ2n) is 4.05. The molecule has 2 atom stereocenters. The zero-order valence-corrected chi connectivity index (χ0v) is 10.3. The van der Waals surface area contributed by atoms with Crippen molar-refractivity contribution in [2.24, 2.45) is 0 Å². The van der Waals surface area contributed by atoms with Crippen LogP contribution in [-0.2, 0) is 19.1 Å². The van der Waals surface area contributed by atoms with Crippen LogP contribution in [-0.4, -0.2) is 36.6 Å². The molecule has 1 aliphatic rings. The summed E-state index contributed by atoms with van der Waals surface area (Å²) in [4.78, 5) is 34.4. The van der Waals surface area contributed by atoms with Gasteiger partial charge in [0.2, 0.25) is 6.10 Å². The highest BCUT2D eigenvalue weighted by molar-refractivity contribution is 5.94. The lowest BCUT2D eigenvalue weighted by molar-refractivity contribution is -0.161. The second-order valence-corrected chi connectivity index (χ2v) is 4.05. The number of hydrogen-bond donors (Lipinski definition) is 1. The number of ether oxygens (including phenoxy) is 2. The molecular formula is C12H13NO6. The fraction of sp³-hybridized carbons (Fsp3) is 0.417. The number of furan rings is 1. The molecule has 1 aromatic heterocycles. The summed E-state index contributed by atoms with van der Waals surface area (Å²) in [7, 11) is 0. The maximum atomic E-state index is 11.7. The zero-order chi connectivity index (χ0) is 13.8. The highest BCUT2D eigenvalue weighted by Gasteiger charge is 2.32. The number of rotatable bonds is 4. The summed E-state index contributed by atoms with van der Waals surface area (Å²) in [5, 5.41) is 2.41. The van der Waals surface area contributed by atoms with Gasteiger partial charge in [-0.15, -0.1) is 0 Å². The average Bonchev–Trinajstić information content (AvgIpc) is 3.01. The molecule has 1 saturated heterocycles. The number of carbonyl (C=O) groups excluding carboxylic acids is 3. The Morgan fingerprint density at radius 2 is 2.32 bits per heavy atom. The Bertz CT molecular complexity index is 480. The Morgan fingerprint density at radius 3 is 2.89 bits per heavy atom. The maximum absolute atomic E-state index is 11.7. The minimum absolute atomic E-state index is 0.0972. The van der Waals surface area contributed by atoms with Gasteiger partial charge in [0.25, 0.3) is 5.91 Å². The van der Waals surface area contributed by atoms with Crippen molar-refractivity contribution < 1.29 is 28.3 Å². The van der Waals surface area contributed by atoms with Gasteiger partial charge >= 0.3 is 11.9 Å². The molecule has 0 spiro atoms. The van der Waals surface area contributed by atoms with Crippen LogP contribution in [0.25, 0.3) is 0 Å². The lowest BCUT2D eigenvalue weighted by atomic mass is 10.3. The zero-order valence-electron chi connectivity index (χ0n) is 10.3. The smallest absolute Gasteiger partial charge is 0.347 e. The summed E-state index contributed by atoms with van der Waals surface area (Å²) >= 11 is 0. The summed E-state index contributed by atoms with van der Waals surface area (Å²) < 4.78 is 14.5. The van der Waals surface area contributed by atoms with Crippen LogP contribution in [0.1, 0.15) is 23.9 Å². The van der Waals surface area contributed by atoms with E-state index in [4.69, 9.17) is 9.15 Å². The van der Waals surface area contributed by atoms with E-state index in [1.807, 2.05) is 0 Å². The monoisotopic (exact) mass is 267 g/mol. The predicted octanol–water partition coefficient (Wildman–Crippen LogP) is 0.257. The minimum Gasteiger partial charge on any atom is -0.463 e. The van der Waals surface area contributed by atoms with E-state index in [2.05, 4.69) is 10.1 Å². The Hall–Kier alpha value is -2.31. The number of amides is 1. The third-order valence-electron chi connectivity index (χ3n) is 2.59. The lowest BCUT2D eigenvalue weighted by Crippen LogP contribution is -2.41. The molecule has 102 valence electrons. The van der Waals surface area contributed by atoms with Crippen molar-refractivity contribution in [2.75, 3.05) is 6.61 Å². The molecule has 1 N–H and O–H groups in total. The Balaban J connectivity index is 1.85. The van der Waals surface area contributed by atoms with Gasteiger partial charge in [-0.1, -0.05) is 0 Å². The molecule has 1 aliphatic heterocycles. The van der Waals surface area contributed by atoms with Gasteiger partial charge in [0.15, 0.2) is 5.76 Å². The lowest BCUT2D eigenvalue weighted by Gasteiger charge is -2.14. The molecule has 2 heterocycles. The molecule has 0 aromatic carbocycles. The molecule has 7 nitrogen and oxygen atoms in total. The number of nitrogens with one attached hydrogen (secondary N) is 1. The van der Waals surface area contributed by atoms with E-state index in [1.165, 1.54) is 19.3 Å². The van der Waals surface area contributed by atoms with Gasteiger partial charge in [-0.2, -0.15) is 0 Å². The van der Waals surface area contributed by atoms with Crippen molar-refractivity contribution in [1.29, 1.82) is 0 Å². The Morgan fingerprint density at radius 1 is 1.53 bits per heavy atom. The number of hydrogen-bond acceptors (Lipinski definition) is 6. The van der Waals surface area contributed by atoms with Crippen LogP contribution in [0.5, 0.6) is 0 Å². The first-order valence-corrected chi connectivity index (χ1v) is 5.79. The summed E-state index contributed by atoms with van der Waals surface area (Å²) in [6.07, 6.45) is 0.811. The predicted molar refractivity (Wildman–Crippen MR) is 61.1 cm³/mol. The third kappa shape index (κ3) is 3.12. The first-order chi connectivity index (χ1) is 9.08. The van der Waals surface area contributed by atoms with E-state index >= 15 is 0 Å². The highest BCUT2D eigenvalue weighted by atomic mass is 16.6. The van der Waals surface area contributed by atoms with Crippen molar-refractivity contribution in [1.82, 2.24) is 5.32 Å². The van der Waals surface area contributed by atoms with E-state index in [-0.39, 0.29) is 12.4 Å². The Labute approximate surface area is 108 Å². The van der Waals surface area contributed by atoms with Crippen LogP contribution in [0, 0.1) is 0 Å². The van der Waals surface area contributed by atoms with Gasteiger partial charge in [-0.05, 0) is 19.1 Å². The van der Waals surface area contributed by atoms with Crippen LogP contribution in [0.4, 0.5) is 0 Å². The molecule has 7 heteroatoms. The van der Waals surface area contributed by atoms with Gasteiger partial charge in [0, 0.05) is 6.42 Å². The van der Waals surface area contributed by atoms with Gasteiger partial charge in [-0.3, -0.25) is 4.79 Å². The van der Waals surface area contributed by atoms with Gasteiger partial charge in [0.05, 0.1) is 12.9 Å². The van der Waals surface area contributed by atoms with Crippen LogP contribution in [0.15, 0.2) is 22.8 Å². The molecule has 19 heavy (non-hydrogen) atoms. The molecule has 1 aromatic rings. The fourth-order valence-corrected chi connectivity index (χ4v) is 1.56. The number of cyclic esters (lactones) is 1. The first-order valence-electron chi connectivity index (χ1n) is 5.79. The quantitative estimate of drug-likeness (QED) is 0.786. The van der Waals surface area contributed by atoms with Crippen LogP contribution >= 0.6 is 0 Å². The molecular weight excluding hydrogens is 254 g/mol. The topological polar surface area (TPSA) is 94.8 Å².